The van der Waals surface area contributed by atoms with Gasteiger partial charge in [0.2, 0.25) is 0 Å². The summed E-state index contributed by atoms with van der Waals surface area (Å²) < 4.78 is 1.75. The van der Waals surface area contributed by atoms with Gasteiger partial charge in [-0.15, -0.1) is 35.3 Å². The van der Waals surface area contributed by atoms with E-state index in [1.54, 1.807) is 0 Å². The van der Waals surface area contributed by atoms with Crippen LogP contribution >= 0.6 is 57.9 Å². The number of unbranched alkanes of at least 4 members (excludes halogenated alkanes) is 6. The van der Waals surface area contributed by atoms with Crippen LogP contribution in [0.4, 0.5) is 0 Å². The molecule has 0 N–H and O–H groups in total. The maximum atomic E-state index is 2.48. The third-order valence-electron chi connectivity index (χ3n) is 3.05. The summed E-state index contributed by atoms with van der Waals surface area (Å²) in [5.74, 6) is 0. The van der Waals surface area contributed by atoms with Crippen molar-refractivity contribution < 1.29 is 0 Å². The molecule has 0 aliphatic heterocycles. The van der Waals surface area contributed by atoms with Crippen LogP contribution in [0.5, 0.6) is 0 Å². The second-order valence-corrected chi connectivity index (χ2v) is 9.38. The van der Waals surface area contributed by atoms with Crippen molar-refractivity contribution in [3.05, 3.63) is 0 Å². The monoisotopic (exact) mass is 406 g/mol. The predicted octanol–water partition coefficient (Wildman–Crippen LogP) is 6.29. The molecule has 0 amide bonds. The maximum absolute atomic E-state index is 2.48. The lowest BCUT2D eigenvalue weighted by atomic mass is 10.1. The van der Waals surface area contributed by atoms with Crippen molar-refractivity contribution in [2.24, 2.45) is 0 Å². The Labute approximate surface area is 135 Å². The van der Waals surface area contributed by atoms with Crippen LogP contribution in [0.1, 0.15) is 51.4 Å². The van der Waals surface area contributed by atoms with Gasteiger partial charge in [0.15, 0.2) is 0 Å². The maximum Gasteiger partial charge on any atom is 0.106 e. The first-order valence-corrected chi connectivity index (χ1v) is 11.7. The minimum absolute atomic E-state index is 0.418. The van der Waals surface area contributed by atoms with Gasteiger partial charge in [0, 0.05) is 0 Å². The van der Waals surface area contributed by atoms with E-state index in [2.05, 4.69) is 41.4 Å². The molecule has 0 aromatic carbocycles. The zero-order valence-corrected chi connectivity index (χ0v) is 16.1. The Morgan fingerprint density at radius 1 is 0.706 bits per heavy atom. The first-order valence-electron chi connectivity index (χ1n) is 6.46. The number of thioether (sulfide) groups is 3. The third kappa shape index (κ3) is 9.33. The smallest absolute Gasteiger partial charge is 0.106 e. The fourth-order valence-electron chi connectivity index (χ4n) is 1.88. The van der Waals surface area contributed by atoms with E-state index >= 15 is 0 Å². The second-order valence-electron chi connectivity index (χ2n) is 4.21. The molecule has 104 valence electrons. The highest BCUT2D eigenvalue weighted by atomic mass is 127. The van der Waals surface area contributed by atoms with E-state index in [9.17, 15) is 0 Å². The van der Waals surface area contributed by atoms with E-state index in [0.717, 1.165) is 0 Å². The lowest BCUT2D eigenvalue weighted by Gasteiger charge is -2.27. The van der Waals surface area contributed by atoms with E-state index in [1.165, 1.54) is 55.8 Å². The van der Waals surface area contributed by atoms with E-state index in [-0.39, 0.29) is 0 Å². The number of hydrogen-bond donors (Lipinski definition) is 0. The molecule has 0 bridgehead atoms. The Bertz CT molecular complexity index is 152. The third-order valence-corrected chi connectivity index (χ3v) is 9.29. The van der Waals surface area contributed by atoms with E-state index in [0.29, 0.717) is 3.41 Å². The predicted molar refractivity (Wildman–Crippen MR) is 99.1 cm³/mol. The van der Waals surface area contributed by atoms with E-state index in [4.69, 9.17) is 0 Å². The Kier molecular flexibility index (Phi) is 14.1. The normalized spacial score (nSPS) is 12.0. The van der Waals surface area contributed by atoms with Crippen LogP contribution in [-0.2, 0) is 0 Å². The van der Waals surface area contributed by atoms with Crippen LogP contribution in [-0.4, -0.2) is 26.6 Å². The summed E-state index contributed by atoms with van der Waals surface area (Å²) in [4.78, 5) is 0. The summed E-state index contributed by atoms with van der Waals surface area (Å²) in [6.07, 6.45) is 18.1. The van der Waals surface area contributed by atoms with Crippen LogP contribution < -0.4 is 0 Å². The molecule has 4 heteroatoms. The Morgan fingerprint density at radius 3 is 1.53 bits per heavy atom. The van der Waals surface area contributed by atoms with Crippen molar-refractivity contribution in [3.63, 3.8) is 0 Å². The molecule has 0 nitrogen and oxygen atoms in total. The zero-order chi connectivity index (χ0) is 13.0. The van der Waals surface area contributed by atoms with Gasteiger partial charge < -0.3 is 0 Å². The fraction of sp³-hybridized carbons (Fsp3) is 1.00. The molecule has 0 saturated heterocycles. The highest BCUT2D eigenvalue weighted by Crippen LogP contribution is 2.46. The summed E-state index contributed by atoms with van der Waals surface area (Å²) in [7, 11) is 0. The van der Waals surface area contributed by atoms with Crippen LogP contribution in [0.25, 0.3) is 0 Å². The van der Waals surface area contributed by atoms with Crippen LogP contribution in [0, 0.1) is 0 Å². The molecular weight excluding hydrogens is 379 g/mol. The average molecular weight is 406 g/mol. The van der Waals surface area contributed by atoms with Crippen molar-refractivity contribution in [2.75, 3.05) is 23.2 Å². The molecule has 0 aromatic heterocycles. The molecule has 0 radical (unpaired) electrons. The highest BCUT2D eigenvalue weighted by molar-refractivity contribution is 14.1. The topological polar surface area (TPSA) is 0 Å². The molecule has 17 heavy (non-hydrogen) atoms. The van der Waals surface area contributed by atoms with Crippen molar-refractivity contribution in [3.8, 4) is 0 Å². The van der Waals surface area contributed by atoms with Gasteiger partial charge in [0.1, 0.15) is 3.41 Å². The van der Waals surface area contributed by atoms with E-state index < -0.39 is 0 Å². The largest absolute Gasteiger partial charge is 0.137 e. The van der Waals surface area contributed by atoms with Crippen molar-refractivity contribution in [1.82, 2.24) is 0 Å². The van der Waals surface area contributed by atoms with Gasteiger partial charge in [0.25, 0.3) is 0 Å². The fourth-order valence-corrected chi connectivity index (χ4v) is 5.46. The molecule has 0 aromatic rings. The summed E-state index contributed by atoms with van der Waals surface area (Å²) >= 11 is 8.53. The SMILES string of the molecule is CSC(CCCCCCCCCI)(SC)SC. The summed E-state index contributed by atoms with van der Waals surface area (Å²) in [6.45, 7) is 0. The van der Waals surface area contributed by atoms with Crippen molar-refractivity contribution in [2.45, 2.75) is 54.8 Å². The highest BCUT2D eigenvalue weighted by Gasteiger charge is 2.25. The molecule has 0 unspecified atom stereocenters. The number of rotatable bonds is 12. The molecule has 0 aliphatic rings. The standard InChI is InChI=1S/C13H27IS3/c1-15-13(16-2,17-3)11-9-7-5-4-6-8-10-12-14/h4-12H2,1-3H3. The quantitative estimate of drug-likeness (QED) is 0.162. The van der Waals surface area contributed by atoms with Crippen molar-refractivity contribution >= 4 is 57.9 Å². The zero-order valence-electron chi connectivity index (χ0n) is 11.5. The van der Waals surface area contributed by atoms with Gasteiger partial charge >= 0.3 is 0 Å². The average Bonchev–Trinajstić information content (AvgIpc) is 2.38. The van der Waals surface area contributed by atoms with E-state index in [1.807, 2.05) is 35.3 Å². The molecular formula is C13H27IS3. The van der Waals surface area contributed by atoms with Gasteiger partial charge in [-0.1, -0.05) is 61.1 Å². The lowest BCUT2D eigenvalue weighted by Crippen LogP contribution is -2.13. The first kappa shape index (κ1) is 18.8. The molecule has 0 spiro atoms. The Balaban J connectivity index is 3.43. The Morgan fingerprint density at radius 2 is 1.12 bits per heavy atom. The van der Waals surface area contributed by atoms with Crippen LogP contribution in [0.2, 0.25) is 0 Å². The van der Waals surface area contributed by atoms with Crippen LogP contribution in [0.15, 0.2) is 0 Å². The van der Waals surface area contributed by atoms with Crippen molar-refractivity contribution in [1.29, 1.82) is 0 Å². The minimum atomic E-state index is 0.418. The summed E-state index contributed by atoms with van der Waals surface area (Å²) in [6, 6.07) is 0. The molecule has 0 saturated carbocycles. The Hall–Kier alpha value is 1.78. The van der Waals surface area contributed by atoms with Gasteiger partial charge in [-0.2, -0.15) is 0 Å². The number of halogens is 1. The minimum Gasteiger partial charge on any atom is -0.137 e. The van der Waals surface area contributed by atoms with Gasteiger partial charge in [0.05, 0.1) is 0 Å². The summed E-state index contributed by atoms with van der Waals surface area (Å²) in [5, 5.41) is 0. The molecule has 0 heterocycles. The van der Waals surface area contributed by atoms with Gasteiger partial charge in [-0.25, -0.2) is 0 Å². The van der Waals surface area contributed by atoms with Gasteiger partial charge in [-0.05, 0) is 36.0 Å². The second kappa shape index (κ2) is 12.8. The van der Waals surface area contributed by atoms with Gasteiger partial charge in [-0.3, -0.25) is 0 Å². The summed E-state index contributed by atoms with van der Waals surface area (Å²) in [5.41, 5.74) is 0. The number of alkyl halides is 1. The molecule has 0 atom stereocenters. The lowest BCUT2D eigenvalue weighted by molar-refractivity contribution is 0.583. The molecule has 0 fully saturated rings. The molecule has 0 rings (SSSR count). The van der Waals surface area contributed by atoms with Crippen LogP contribution in [0.3, 0.4) is 0 Å². The first-order chi connectivity index (χ1) is 8.24. The molecule has 0 aliphatic carbocycles. The number of hydrogen-bond acceptors (Lipinski definition) is 3.